The quantitative estimate of drug-likeness (QED) is 0.809. The third-order valence-electron chi connectivity index (χ3n) is 1.89. The molecule has 1 rings (SSSR count). The zero-order valence-electron chi connectivity index (χ0n) is 8.50. The van der Waals surface area contributed by atoms with E-state index in [1.165, 1.54) is 0 Å². The predicted octanol–water partition coefficient (Wildman–Crippen LogP) is 2.80. The van der Waals surface area contributed by atoms with E-state index in [-0.39, 0.29) is 0 Å². The van der Waals surface area contributed by atoms with E-state index >= 15 is 0 Å². The van der Waals surface area contributed by atoms with Gasteiger partial charge in [-0.3, -0.25) is 0 Å². The van der Waals surface area contributed by atoms with Gasteiger partial charge in [0.15, 0.2) is 5.22 Å². The number of hydrogen-bond acceptors (Lipinski definition) is 4. The van der Waals surface area contributed by atoms with E-state index in [0.717, 1.165) is 17.3 Å². The fourth-order valence-corrected chi connectivity index (χ4v) is 2.17. The monoisotopic (exact) mass is 244 g/mol. The van der Waals surface area contributed by atoms with E-state index in [1.54, 1.807) is 24.8 Å². The first-order valence-corrected chi connectivity index (χ1v) is 6.09. The summed E-state index contributed by atoms with van der Waals surface area (Å²) in [5.41, 5.74) is 4.95. The smallest absolute Gasteiger partial charge is 0.193 e. The minimum absolute atomic E-state index is 0.409. The first kappa shape index (κ1) is 12.4. The van der Waals surface area contributed by atoms with Gasteiger partial charge in [0.25, 0.3) is 0 Å². The van der Waals surface area contributed by atoms with E-state index in [1.807, 2.05) is 6.07 Å². The number of furan rings is 1. The molecule has 1 aromatic heterocycles. The molecule has 1 unspecified atom stereocenters. The van der Waals surface area contributed by atoms with Crippen LogP contribution in [0, 0.1) is 11.3 Å². The molecule has 0 aliphatic heterocycles. The van der Waals surface area contributed by atoms with Crippen LogP contribution in [0.5, 0.6) is 0 Å². The molecule has 15 heavy (non-hydrogen) atoms. The molecule has 1 atom stereocenters. The van der Waals surface area contributed by atoms with Crippen LogP contribution in [-0.4, -0.2) is 11.3 Å². The zero-order chi connectivity index (χ0) is 11.3. The number of nitrogens with two attached hydrogens (primary N) is 1. The Morgan fingerprint density at radius 2 is 2.40 bits per heavy atom. The Labute approximate surface area is 98.6 Å². The maximum absolute atomic E-state index is 8.69. The Kier molecular flexibility index (Phi) is 4.52. The zero-order valence-corrected chi connectivity index (χ0v) is 10.1. The predicted molar refractivity (Wildman–Crippen MR) is 62.7 cm³/mol. The summed E-state index contributed by atoms with van der Waals surface area (Å²) in [7, 11) is 0. The van der Waals surface area contributed by atoms with Gasteiger partial charge in [-0.25, -0.2) is 0 Å². The third-order valence-corrected chi connectivity index (χ3v) is 3.08. The molecule has 0 aromatic carbocycles. The number of halogens is 1. The fraction of sp³-hybridized carbons (Fsp3) is 0.500. The molecule has 5 heteroatoms. The highest BCUT2D eigenvalue weighted by Gasteiger charge is 2.16. The van der Waals surface area contributed by atoms with Crippen molar-refractivity contribution in [3.05, 3.63) is 23.1 Å². The summed E-state index contributed by atoms with van der Waals surface area (Å²) in [4.78, 5) is 0. The lowest BCUT2D eigenvalue weighted by atomic mass is 10.0. The Hall–Kier alpha value is -0.630. The molecule has 0 radical (unpaired) electrons. The van der Waals surface area contributed by atoms with Crippen LogP contribution in [0.15, 0.2) is 16.5 Å². The molecular weight excluding hydrogens is 232 g/mol. The first-order valence-electron chi connectivity index (χ1n) is 4.55. The summed E-state index contributed by atoms with van der Waals surface area (Å²) >= 11 is 7.31. The second kappa shape index (κ2) is 5.45. The lowest BCUT2D eigenvalue weighted by Crippen LogP contribution is -2.34. The van der Waals surface area contributed by atoms with Crippen molar-refractivity contribution in [1.29, 1.82) is 5.26 Å². The Bertz CT molecular complexity index is 357. The molecule has 0 spiro atoms. The van der Waals surface area contributed by atoms with Crippen molar-refractivity contribution in [3.63, 3.8) is 0 Å². The van der Waals surface area contributed by atoms with Crippen LogP contribution in [0.2, 0.25) is 5.22 Å². The lowest BCUT2D eigenvalue weighted by molar-refractivity contribution is 0.532. The number of nitrogens with zero attached hydrogens (tertiary/aromatic N) is 1. The molecule has 0 bridgehead atoms. The van der Waals surface area contributed by atoms with Crippen LogP contribution in [0.1, 0.15) is 19.1 Å². The SMILES string of the molecule is CC(N)(C#N)CCSCc1ccc(Cl)o1. The average molecular weight is 245 g/mol. The van der Waals surface area contributed by atoms with Gasteiger partial charge in [-0.05, 0) is 42.8 Å². The van der Waals surface area contributed by atoms with Crippen molar-refractivity contribution in [2.24, 2.45) is 5.73 Å². The molecule has 0 amide bonds. The van der Waals surface area contributed by atoms with Gasteiger partial charge < -0.3 is 10.2 Å². The topological polar surface area (TPSA) is 63.0 Å². The molecule has 3 nitrogen and oxygen atoms in total. The summed E-state index contributed by atoms with van der Waals surface area (Å²) in [5.74, 6) is 2.44. The molecule has 1 aromatic rings. The highest BCUT2D eigenvalue weighted by Crippen LogP contribution is 2.20. The molecule has 0 saturated heterocycles. The van der Waals surface area contributed by atoms with Gasteiger partial charge in [-0.15, -0.1) is 0 Å². The fourth-order valence-electron chi connectivity index (χ4n) is 0.942. The summed E-state index contributed by atoms with van der Waals surface area (Å²) in [6, 6.07) is 5.63. The molecule has 82 valence electrons. The maximum Gasteiger partial charge on any atom is 0.193 e. The Balaban J connectivity index is 2.21. The summed E-state index contributed by atoms with van der Waals surface area (Å²) in [6.45, 7) is 1.73. The van der Waals surface area contributed by atoms with Gasteiger partial charge in [-0.1, -0.05) is 0 Å². The van der Waals surface area contributed by atoms with Crippen molar-refractivity contribution in [3.8, 4) is 6.07 Å². The largest absolute Gasteiger partial charge is 0.449 e. The van der Waals surface area contributed by atoms with Crippen molar-refractivity contribution < 1.29 is 4.42 Å². The molecule has 0 saturated carbocycles. The summed E-state index contributed by atoms with van der Waals surface area (Å²) < 4.78 is 5.19. The van der Waals surface area contributed by atoms with E-state index < -0.39 is 5.54 Å². The second-order valence-corrected chi connectivity index (χ2v) is 5.02. The molecule has 1 heterocycles. The highest BCUT2D eigenvalue weighted by atomic mass is 35.5. The molecule has 0 fully saturated rings. The van der Waals surface area contributed by atoms with Crippen molar-refractivity contribution >= 4 is 23.4 Å². The molecule has 0 aliphatic carbocycles. The van der Waals surface area contributed by atoms with Crippen molar-refractivity contribution in [2.45, 2.75) is 24.6 Å². The van der Waals surface area contributed by atoms with Crippen LogP contribution >= 0.6 is 23.4 Å². The van der Waals surface area contributed by atoms with Gasteiger partial charge in [0.05, 0.1) is 11.8 Å². The van der Waals surface area contributed by atoms with Crippen LogP contribution in [0.3, 0.4) is 0 Å². The van der Waals surface area contributed by atoms with Crippen LogP contribution in [-0.2, 0) is 5.75 Å². The number of thioether (sulfide) groups is 1. The number of rotatable bonds is 5. The minimum Gasteiger partial charge on any atom is -0.449 e. The molecule has 2 N–H and O–H groups in total. The maximum atomic E-state index is 8.69. The summed E-state index contributed by atoms with van der Waals surface area (Å²) in [6.07, 6.45) is 0.669. The number of nitriles is 1. The third kappa shape index (κ3) is 4.61. The van der Waals surface area contributed by atoms with Crippen LogP contribution < -0.4 is 5.73 Å². The normalized spacial score (nSPS) is 14.5. The van der Waals surface area contributed by atoms with E-state index in [2.05, 4.69) is 6.07 Å². The van der Waals surface area contributed by atoms with Gasteiger partial charge in [0.2, 0.25) is 0 Å². The van der Waals surface area contributed by atoms with E-state index in [0.29, 0.717) is 11.6 Å². The molecule has 0 aliphatic rings. The van der Waals surface area contributed by atoms with Crippen LogP contribution in [0.4, 0.5) is 0 Å². The lowest BCUT2D eigenvalue weighted by Gasteiger charge is -2.13. The van der Waals surface area contributed by atoms with Crippen molar-refractivity contribution in [2.75, 3.05) is 5.75 Å². The van der Waals surface area contributed by atoms with Crippen molar-refractivity contribution in [1.82, 2.24) is 0 Å². The molecular formula is C10H13ClN2OS. The highest BCUT2D eigenvalue weighted by molar-refractivity contribution is 7.98. The Morgan fingerprint density at radius 1 is 1.67 bits per heavy atom. The average Bonchev–Trinajstić information content (AvgIpc) is 2.59. The van der Waals surface area contributed by atoms with E-state index in [4.69, 9.17) is 27.0 Å². The second-order valence-electron chi connectivity index (χ2n) is 3.54. The van der Waals surface area contributed by atoms with Gasteiger partial charge >= 0.3 is 0 Å². The van der Waals surface area contributed by atoms with Gasteiger partial charge in [0.1, 0.15) is 11.3 Å². The first-order chi connectivity index (χ1) is 7.03. The number of hydrogen-bond donors (Lipinski definition) is 1. The van der Waals surface area contributed by atoms with Gasteiger partial charge in [-0.2, -0.15) is 17.0 Å². The van der Waals surface area contributed by atoms with Gasteiger partial charge in [0, 0.05) is 0 Å². The summed E-state index contributed by atoms with van der Waals surface area (Å²) in [5, 5.41) is 9.10. The van der Waals surface area contributed by atoms with E-state index in [9.17, 15) is 0 Å². The standard InChI is InChI=1S/C10H13ClN2OS/c1-10(13,7-12)4-5-15-6-8-2-3-9(11)14-8/h2-3H,4-6,13H2,1H3. The Morgan fingerprint density at radius 3 is 2.93 bits per heavy atom. The van der Waals surface area contributed by atoms with Crippen LogP contribution in [0.25, 0.3) is 0 Å². The minimum atomic E-state index is -0.728.